The average Bonchev–Trinajstić information content (AvgIpc) is 2.30. The van der Waals surface area contributed by atoms with Crippen molar-refractivity contribution in [2.75, 3.05) is 13.1 Å². The molecule has 1 rings (SSSR count). The van der Waals surface area contributed by atoms with E-state index in [4.69, 9.17) is 0 Å². The van der Waals surface area contributed by atoms with Gasteiger partial charge in [0.1, 0.15) is 5.69 Å². The molecule has 0 heterocycles. The Morgan fingerprint density at radius 2 is 1.33 bits per heavy atom. The second-order valence-corrected chi connectivity index (χ2v) is 3.97. The normalized spacial score (nSPS) is 11.0. The molecule has 1 aromatic rings. The first-order chi connectivity index (χ1) is 7.28. The van der Waals surface area contributed by atoms with Gasteiger partial charge in [-0.25, -0.2) is 0 Å². The molecule has 0 aromatic heterocycles. The van der Waals surface area contributed by atoms with E-state index in [1.165, 1.54) is 24.2 Å². The van der Waals surface area contributed by atoms with Gasteiger partial charge in [0.2, 0.25) is 0 Å². The second kappa shape index (κ2) is 5.92. The van der Waals surface area contributed by atoms with Gasteiger partial charge < -0.3 is 4.90 Å². The minimum Gasteiger partial charge on any atom is -0.302 e. The molecule has 15 heavy (non-hydrogen) atoms. The Morgan fingerprint density at radius 3 is 1.67 bits per heavy atom. The van der Waals surface area contributed by atoms with Crippen molar-refractivity contribution in [1.29, 1.82) is 0 Å². The van der Waals surface area contributed by atoms with Gasteiger partial charge >= 0.3 is 0 Å². The Bertz CT molecular complexity index is 278. The Kier molecular flexibility index (Phi) is 4.83. The van der Waals surface area contributed by atoms with Crippen molar-refractivity contribution in [1.82, 2.24) is 0 Å². The van der Waals surface area contributed by atoms with E-state index in [0.717, 1.165) is 12.8 Å². The summed E-state index contributed by atoms with van der Waals surface area (Å²) in [5.74, 6) is 0. The molecule has 1 aromatic carbocycles. The molecule has 0 unspecified atom stereocenters. The number of hydrogen-bond acceptors (Lipinski definition) is 0. The third kappa shape index (κ3) is 2.60. The van der Waals surface area contributed by atoms with Gasteiger partial charge in [0.05, 0.1) is 13.1 Å². The van der Waals surface area contributed by atoms with Crippen LogP contribution in [0.15, 0.2) is 18.2 Å². The van der Waals surface area contributed by atoms with Gasteiger partial charge in [-0.1, -0.05) is 32.0 Å². The largest absolute Gasteiger partial charge is 0.302 e. The maximum atomic E-state index is 2.28. The Morgan fingerprint density at radius 1 is 0.867 bits per heavy atom. The molecule has 1 nitrogen and oxygen atoms in total. The fourth-order valence-corrected chi connectivity index (χ4v) is 2.30. The summed E-state index contributed by atoms with van der Waals surface area (Å²) in [6, 6.07) is 6.75. The van der Waals surface area contributed by atoms with Crippen LogP contribution in [0.2, 0.25) is 0 Å². The van der Waals surface area contributed by atoms with Crippen LogP contribution in [0.3, 0.4) is 0 Å². The zero-order valence-corrected chi connectivity index (χ0v) is 10.6. The molecule has 84 valence electrons. The molecule has 0 aliphatic rings. The van der Waals surface area contributed by atoms with E-state index in [0.29, 0.717) is 0 Å². The number of rotatable bonds is 5. The SMILES string of the molecule is CCc1cccc(CC)c1[NH+](CC)CC. The summed E-state index contributed by atoms with van der Waals surface area (Å²) in [7, 11) is 0. The van der Waals surface area contributed by atoms with E-state index in [9.17, 15) is 0 Å². The first-order valence-electron chi connectivity index (χ1n) is 6.24. The standard InChI is InChI=1S/C14H23N/c1-5-12-10-9-11-13(6-2)14(12)15(7-3)8-4/h9-11H,5-8H2,1-4H3/p+1. The van der Waals surface area contributed by atoms with Gasteiger partial charge in [-0.05, 0) is 26.7 Å². The van der Waals surface area contributed by atoms with Crippen molar-refractivity contribution in [2.24, 2.45) is 0 Å². The van der Waals surface area contributed by atoms with E-state index in [1.54, 1.807) is 10.6 Å². The minimum atomic E-state index is 1.15. The van der Waals surface area contributed by atoms with Crippen LogP contribution in [0, 0.1) is 0 Å². The van der Waals surface area contributed by atoms with Gasteiger partial charge in [-0.3, -0.25) is 0 Å². The van der Waals surface area contributed by atoms with E-state index in [1.807, 2.05) is 0 Å². The summed E-state index contributed by atoms with van der Waals surface area (Å²) in [6.07, 6.45) is 2.29. The number of hydrogen-bond donors (Lipinski definition) is 1. The lowest BCUT2D eigenvalue weighted by atomic mass is 10.0. The molecule has 0 aliphatic carbocycles. The number of benzene rings is 1. The van der Waals surface area contributed by atoms with Crippen LogP contribution in [0.1, 0.15) is 38.8 Å². The third-order valence-corrected chi connectivity index (χ3v) is 3.21. The molecule has 0 radical (unpaired) electrons. The quantitative estimate of drug-likeness (QED) is 0.754. The van der Waals surface area contributed by atoms with Gasteiger partial charge in [-0.2, -0.15) is 0 Å². The van der Waals surface area contributed by atoms with E-state index < -0.39 is 0 Å². The van der Waals surface area contributed by atoms with Crippen LogP contribution in [0.4, 0.5) is 5.69 Å². The molecule has 0 bridgehead atoms. The van der Waals surface area contributed by atoms with Crippen LogP contribution in [0.25, 0.3) is 0 Å². The van der Waals surface area contributed by atoms with Crippen molar-refractivity contribution < 1.29 is 4.90 Å². The minimum absolute atomic E-state index is 1.15. The summed E-state index contributed by atoms with van der Waals surface area (Å²) >= 11 is 0. The molecular formula is C14H24N+. The summed E-state index contributed by atoms with van der Waals surface area (Å²) in [5.41, 5.74) is 4.61. The van der Waals surface area contributed by atoms with Crippen molar-refractivity contribution in [3.05, 3.63) is 29.3 Å². The lowest BCUT2D eigenvalue weighted by Gasteiger charge is -2.21. The molecule has 0 saturated heterocycles. The van der Waals surface area contributed by atoms with Gasteiger partial charge in [0, 0.05) is 11.1 Å². The summed E-state index contributed by atoms with van der Waals surface area (Å²) in [5, 5.41) is 0. The molecule has 1 N–H and O–H groups in total. The predicted molar refractivity (Wildman–Crippen MR) is 66.9 cm³/mol. The van der Waals surface area contributed by atoms with Gasteiger partial charge in [0.25, 0.3) is 0 Å². The topological polar surface area (TPSA) is 4.44 Å². The Hall–Kier alpha value is -0.820. The number of para-hydroxylation sites is 1. The van der Waals surface area contributed by atoms with Crippen molar-refractivity contribution in [2.45, 2.75) is 40.5 Å². The Balaban J connectivity index is 3.20. The van der Waals surface area contributed by atoms with Crippen LogP contribution < -0.4 is 4.90 Å². The zero-order valence-electron chi connectivity index (χ0n) is 10.6. The molecule has 0 atom stereocenters. The molecule has 1 heteroatoms. The second-order valence-electron chi connectivity index (χ2n) is 3.97. The third-order valence-electron chi connectivity index (χ3n) is 3.21. The van der Waals surface area contributed by atoms with Crippen molar-refractivity contribution in [3.8, 4) is 0 Å². The predicted octanol–water partition coefficient (Wildman–Crippen LogP) is 2.37. The van der Waals surface area contributed by atoms with Crippen LogP contribution in [-0.2, 0) is 12.8 Å². The maximum absolute atomic E-state index is 2.28. The van der Waals surface area contributed by atoms with Gasteiger partial charge in [-0.15, -0.1) is 0 Å². The van der Waals surface area contributed by atoms with Crippen molar-refractivity contribution >= 4 is 5.69 Å². The van der Waals surface area contributed by atoms with E-state index in [-0.39, 0.29) is 0 Å². The number of nitrogens with one attached hydrogen (secondary N) is 1. The van der Waals surface area contributed by atoms with Crippen LogP contribution in [0.5, 0.6) is 0 Å². The highest BCUT2D eigenvalue weighted by molar-refractivity contribution is 5.47. The summed E-state index contributed by atoms with van der Waals surface area (Å²) < 4.78 is 0. The summed E-state index contributed by atoms with van der Waals surface area (Å²) in [4.78, 5) is 1.62. The number of aryl methyl sites for hydroxylation is 2. The fraction of sp³-hybridized carbons (Fsp3) is 0.571. The highest BCUT2D eigenvalue weighted by atomic mass is 15.1. The van der Waals surface area contributed by atoms with E-state index >= 15 is 0 Å². The van der Waals surface area contributed by atoms with Gasteiger partial charge in [0.15, 0.2) is 0 Å². The molecule has 0 fully saturated rings. The highest BCUT2D eigenvalue weighted by Gasteiger charge is 2.15. The van der Waals surface area contributed by atoms with Crippen LogP contribution in [-0.4, -0.2) is 13.1 Å². The summed E-state index contributed by atoms with van der Waals surface area (Å²) in [6.45, 7) is 11.4. The first kappa shape index (κ1) is 12.3. The first-order valence-corrected chi connectivity index (χ1v) is 6.24. The molecule has 0 spiro atoms. The van der Waals surface area contributed by atoms with E-state index in [2.05, 4.69) is 45.9 Å². The molecule has 0 aliphatic heterocycles. The van der Waals surface area contributed by atoms with Crippen molar-refractivity contribution in [3.63, 3.8) is 0 Å². The molecule has 0 amide bonds. The monoisotopic (exact) mass is 206 g/mol. The zero-order chi connectivity index (χ0) is 11.3. The lowest BCUT2D eigenvalue weighted by molar-refractivity contribution is -0.829. The molecular weight excluding hydrogens is 182 g/mol. The average molecular weight is 206 g/mol. The van der Waals surface area contributed by atoms with Crippen LogP contribution >= 0.6 is 0 Å². The highest BCUT2D eigenvalue weighted by Crippen LogP contribution is 2.18. The maximum Gasteiger partial charge on any atom is 0.137 e. The lowest BCUT2D eigenvalue weighted by Crippen LogP contribution is -3.07. The fourth-order valence-electron chi connectivity index (χ4n) is 2.30. The number of quaternary nitrogens is 1. The Labute approximate surface area is 94.1 Å². The smallest absolute Gasteiger partial charge is 0.137 e. The molecule has 0 saturated carbocycles.